The van der Waals surface area contributed by atoms with Crippen LogP contribution in [0.15, 0.2) is 53.6 Å². The van der Waals surface area contributed by atoms with Gasteiger partial charge in [-0.1, -0.05) is 12.1 Å². The van der Waals surface area contributed by atoms with Gasteiger partial charge in [-0.25, -0.2) is 17.9 Å². The van der Waals surface area contributed by atoms with Crippen LogP contribution in [0.25, 0.3) is 0 Å². The SMILES string of the molecule is CCOC(=O)c1cccc(S(=O)(=O)NC(C)c2ccccn2)c1. The predicted molar refractivity (Wildman–Crippen MR) is 85.4 cm³/mol. The highest BCUT2D eigenvalue weighted by atomic mass is 32.2. The van der Waals surface area contributed by atoms with Gasteiger partial charge in [-0.05, 0) is 44.2 Å². The highest BCUT2D eigenvalue weighted by molar-refractivity contribution is 7.89. The number of carbonyl (C=O) groups excluding carboxylic acids is 1. The van der Waals surface area contributed by atoms with Crippen molar-refractivity contribution in [3.8, 4) is 0 Å². The number of sulfonamides is 1. The Kier molecular flexibility index (Phi) is 5.46. The molecule has 23 heavy (non-hydrogen) atoms. The van der Waals surface area contributed by atoms with Crippen molar-refractivity contribution in [2.75, 3.05) is 6.61 Å². The standard InChI is InChI=1S/C16H18N2O4S/c1-3-22-16(19)13-7-6-8-14(11-13)23(20,21)18-12(2)15-9-4-5-10-17-15/h4-12,18H,3H2,1-2H3. The Bertz CT molecular complexity index is 776. The number of hydrogen-bond donors (Lipinski definition) is 1. The first-order valence-corrected chi connectivity index (χ1v) is 8.63. The first-order valence-electron chi connectivity index (χ1n) is 7.14. The van der Waals surface area contributed by atoms with Gasteiger partial charge in [-0.2, -0.15) is 0 Å². The summed E-state index contributed by atoms with van der Waals surface area (Å²) in [6.45, 7) is 3.62. The fourth-order valence-electron chi connectivity index (χ4n) is 2.00. The monoisotopic (exact) mass is 334 g/mol. The van der Waals surface area contributed by atoms with Crippen LogP contribution < -0.4 is 4.72 Å². The van der Waals surface area contributed by atoms with E-state index in [1.807, 2.05) is 0 Å². The van der Waals surface area contributed by atoms with Crippen molar-refractivity contribution >= 4 is 16.0 Å². The lowest BCUT2D eigenvalue weighted by atomic mass is 10.2. The molecule has 0 bridgehead atoms. The van der Waals surface area contributed by atoms with Gasteiger partial charge in [-0.3, -0.25) is 4.98 Å². The number of hydrogen-bond acceptors (Lipinski definition) is 5. The van der Waals surface area contributed by atoms with Crippen molar-refractivity contribution in [1.82, 2.24) is 9.71 Å². The topological polar surface area (TPSA) is 85.4 Å². The summed E-state index contributed by atoms with van der Waals surface area (Å²) in [4.78, 5) is 15.9. The van der Waals surface area contributed by atoms with Gasteiger partial charge in [0, 0.05) is 6.20 Å². The Morgan fingerprint density at radius 1 is 1.26 bits per heavy atom. The zero-order chi connectivity index (χ0) is 16.9. The van der Waals surface area contributed by atoms with E-state index in [0.29, 0.717) is 5.69 Å². The van der Waals surface area contributed by atoms with Gasteiger partial charge in [0.2, 0.25) is 10.0 Å². The number of aromatic nitrogens is 1. The van der Waals surface area contributed by atoms with Crippen LogP contribution in [-0.4, -0.2) is 26.0 Å². The van der Waals surface area contributed by atoms with E-state index in [1.165, 1.54) is 24.3 Å². The molecule has 0 saturated heterocycles. The van der Waals surface area contributed by atoms with Crippen LogP contribution in [0.5, 0.6) is 0 Å². The molecular weight excluding hydrogens is 316 g/mol. The largest absolute Gasteiger partial charge is 0.462 e. The molecule has 0 saturated carbocycles. The number of nitrogens with zero attached hydrogens (tertiary/aromatic N) is 1. The average Bonchev–Trinajstić information content (AvgIpc) is 2.55. The van der Waals surface area contributed by atoms with Gasteiger partial charge in [0.15, 0.2) is 0 Å². The lowest BCUT2D eigenvalue weighted by Crippen LogP contribution is -2.27. The van der Waals surface area contributed by atoms with Crippen LogP contribution in [0.3, 0.4) is 0 Å². The number of esters is 1. The van der Waals surface area contributed by atoms with Crippen molar-refractivity contribution in [2.24, 2.45) is 0 Å². The van der Waals surface area contributed by atoms with Crippen LogP contribution in [-0.2, 0) is 14.8 Å². The summed E-state index contributed by atoms with van der Waals surface area (Å²) >= 11 is 0. The van der Waals surface area contributed by atoms with E-state index in [0.717, 1.165) is 0 Å². The van der Waals surface area contributed by atoms with Gasteiger partial charge in [0.05, 0.1) is 28.8 Å². The normalized spacial score (nSPS) is 12.6. The number of ether oxygens (including phenoxy) is 1. The molecule has 122 valence electrons. The molecule has 0 aliphatic carbocycles. The summed E-state index contributed by atoms with van der Waals surface area (Å²) < 4.78 is 32.3. The number of carbonyl (C=O) groups is 1. The fourth-order valence-corrected chi connectivity index (χ4v) is 3.26. The van der Waals surface area contributed by atoms with Crippen molar-refractivity contribution in [1.29, 1.82) is 0 Å². The molecule has 1 aromatic carbocycles. The Balaban J connectivity index is 2.23. The molecule has 1 N–H and O–H groups in total. The molecule has 0 amide bonds. The molecule has 0 aliphatic rings. The molecule has 0 aliphatic heterocycles. The van der Waals surface area contributed by atoms with Crippen molar-refractivity contribution in [3.05, 3.63) is 59.9 Å². The maximum absolute atomic E-state index is 12.5. The van der Waals surface area contributed by atoms with Gasteiger partial charge >= 0.3 is 5.97 Å². The highest BCUT2D eigenvalue weighted by Crippen LogP contribution is 2.17. The molecule has 0 fully saturated rings. The first kappa shape index (κ1) is 17.1. The third kappa shape index (κ3) is 4.37. The highest BCUT2D eigenvalue weighted by Gasteiger charge is 2.20. The van der Waals surface area contributed by atoms with E-state index in [-0.39, 0.29) is 17.1 Å². The van der Waals surface area contributed by atoms with Crippen LogP contribution >= 0.6 is 0 Å². The lowest BCUT2D eigenvalue weighted by Gasteiger charge is -2.14. The molecule has 1 heterocycles. The third-order valence-corrected chi connectivity index (χ3v) is 4.66. The minimum Gasteiger partial charge on any atom is -0.462 e. The Labute approximate surface area is 135 Å². The average molecular weight is 334 g/mol. The van der Waals surface area contributed by atoms with Crippen LogP contribution in [0, 0.1) is 0 Å². The van der Waals surface area contributed by atoms with E-state index in [9.17, 15) is 13.2 Å². The van der Waals surface area contributed by atoms with E-state index in [1.54, 1.807) is 38.2 Å². The summed E-state index contributed by atoms with van der Waals surface area (Å²) in [5, 5.41) is 0. The molecule has 2 aromatic rings. The van der Waals surface area contributed by atoms with Crippen LogP contribution in [0.4, 0.5) is 0 Å². The van der Waals surface area contributed by atoms with E-state index in [2.05, 4.69) is 9.71 Å². The van der Waals surface area contributed by atoms with Crippen molar-refractivity contribution in [3.63, 3.8) is 0 Å². The maximum Gasteiger partial charge on any atom is 0.338 e. The molecular formula is C16H18N2O4S. The summed E-state index contributed by atoms with van der Waals surface area (Å²) in [6.07, 6.45) is 1.60. The summed E-state index contributed by atoms with van der Waals surface area (Å²) in [7, 11) is -3.78. The first-order chi connectivity index (χ1) is 10.9. The Hall–Kier alpha value is -2.25. The van der Waals surface area contributed by atoms with Gasteiger partial charge < -0.3 is 4.74 Å². The quantitative estimate of drug-likeness (QED) is 0.819. The number of rotatable bonds is 6. The predicted octanol–water partition coefficient (Wildman–Crippen LogP) is 2.30. The smallest absolute Gasteiger partial charge is 0.338 e. The van der Waals surface area contributed by atoms with E-state index < -0.39 is 22.0 Å². The van der Waals surface area contributed by atoms with Gasteiger partial charge in [-0.15, -0.1) is 0 Å². The molecule has 7 heteroatoms. The van der Waals surface area contributed by atoms with Gasteiger partial charge in [0.1, 0.15) is 0 Å². The molecule has 0 radical (unpaired) electrons. The van der Waals surface area contributed by atoms with Crippen LogP contribution in [0.1, 0.15) is 35.9 Å². The summed E-state index contributed by atoms with van der Waals surface area (Å²) in [5.41, 5.74) is 0.804. The minimum atomic E-state index is -3.78. The van der Waals surface area contributed by atoms with Gasteiger partial charge in [0.25, 0.3) is 0 Å². The second kappa shape index (κ2) is 7.34. The van der Waals surface area contributed by atoms with E-state index in [4.69, 9.17) is 4.74 Å². The summed E-state index contributed by atoms with van der Waals surface area (Å²) in [5.74, 6) is -0.553. The van der Waals surface area contributed by atoms with Crippen molar-refractivity contribution in [2.45, 2.75) is 24.8 Å². The molecule has 1 atom stereocenters. The molecule has 1 aromatic heterocycles. The fraction of sp³-hybridized carbons (Fsp3) is 0.250. The minimum absolute atomic E-state index is 0.00540. The molecule has 6 nitrogen and oxygen atoms in total. The maximum atomic E-state index is 12.5. The second-order valence-corrected chi connectivity index (χ2v) is 6.56. The second-order valence-electron chi connectivity index (χ2n) is 4.85. The Morgan fingerprint density at radius 3 is 2.70 bits per heavy atom. The molecule has 2 rings (SSSR count). The summed E-state index contributed by atoms with van der Waals surface area (Å²) in [6, 6.07) is 10.5. The Morgan fingerprint density at radius 2 is 2.04 bits per heavy atom. The number of pyridine rings is 1. The van der Waals surface area contributed by atoms with Crippen LogP contribution in [0.2, 0.25) is 0 Å². The van der Waals surface area contributed by atoms with E-state index >= 15 is 0 Å². The third-order valence-electron chi connectivity index (χ3n) is 3.12. The van der Waals surface area contributed by atoms with Crippen molar-refractivity contribution < 1.29 is 17.9 Å². The molecule has 0 spiro atoms. The zero-order valence-electron chi connectivity index (χ0n) is 12.9. The lowest BCUT2D eigenvalue weighted by molar-refractivity contribution is 0.0526. The number of benzene rings is 1. The zero-order valence-corrected chi connectivity index (χ0v) is 13.7. The number of nitrogens with one attached hydrogen (secondary N) is 1. The molecule has 1 unspecified atom stereocenters.